The maximum atomic E-state index is 5.85. The Morgan fingerprint density at radius 2 is 1.86 bits per heavy atom. The molecule has 0 aliphatic heterocycles. The number of anilines is 1. The first-order valence-electron chi connectivity index (χ1n) is 7.94. The molecule has 2 aromatic rings. The molecule has 0 spiro atoms. The molecular weight excluding hydrogens is 274 g/mol. The Morgan fingerprint density at radius 1 is 1.05 bits per heavy atom. The van der Waals surface area contributed by atoms with E-state index >= 15 is 0 Å². The van der Waals surface area contributed by atoms with Crippen molar-refractivity contribution in [2.45, 2.75) is 39.8 Å². The Bertz CT molecular complexity index is 583. The minimum Gasteiger partial charge on any atom is -0.494 e. The number of hydrogen-bond acceptors (Lipinski definition) is 3. The first-order chi connectivity index (χ1) is 10.7. The summed E-state index contributed by atoms with van der Waals surface area (Å²) in [7, 11) is 0. The molecule has 2 rings (SSSR count). The molecule has 1 N–H and O–H groups in total. The monoisotopic (exact) mass is 299 g/mol. The molecule has 0 fully saturated rings. The summed E-state index contributed by atoms with van der Waals surface area (Å²) in [5, 5.41) is 3.43. The molecular formula is C19H25NO2. The Morgan fingerprint density at radius 3 is 2.64 bits per heavy atom. The predicted octanol–water partition coefficient (Wildman–Crippen LogP) is 4.87. The van der Waals surface area contributed by atoms with Crippen LogP contribution in [0.2, 0.25) is 0 Å². The van der Waals surface area contributed by atoms with E-state index in [0.29, 0.717) is 6.61 Å². The summed E-state index contributed by atoms with van der Waals surface area (Å²) in [5.41, 5.74) is 2.20. The van der Waals surface area contributed by atoms with Crippen LogP contribution in [0.25, 0.3) is 0 Å². The molecule has 3 heteroatoms. The van der Waals surface area contributed by atoms with Crippen molar-refractivity contribution in [3.8, 4) is 11.5 Å². The van der Waals surface area contributed by atoms with E-state index in [4.69, 9.17) is 9.47 Å². The Labute approximate surface area is 133 Å². The van der Waals surface area contributed by atoms with Gasteiger partial charge in [0.15, 0.2) is 0 Å². The van der Waals surface area contributed by atoms with E-state index in [0.717, 1.165) is 35.7 Å². The molecule has 3 nitrogen and oxygen atoms in total. The van der Waals surface area contributed by atoms with Crippen molar-refractivity contribution in [1.29, 1.82) is 0 Å². The number of rotatable bonds is 8. The number of hydrogen-bond donors (Lipinski definition) is 1. The largest absolute Gasteiger partial charge is 0.494 e. The topological polar surface area (TPSA) is 30.5 Å². The van der Waals surface area contributed by atoms with Gasteiger partial charge in [0.05, 0.1) is 12.7 Å². The van der Waals surface area contributed by atoms with Gasteiger partial charge in [0, 0.05) is 23.9 Å². The zero-order valence-corrected chi connectivity index (χ0v) is 13.6. The average molecular weight is 299 g/mol. The van der Waals surface area contributed by atoms with Gasteiger partial charge in [0.1, 0.15) is 11.5 Å². The molecule has 0 aliphatic rings. The van der Waals surface area contributed by atoms with Crippen LogP contribution in [-0.4, -0.2) is 12.7 Å². The molecule has 0 bridgehead atoms. The van der Waals surface area contributed by atoms with Crippen LogP contribution >= 0.6 is 0 Å². The molecule has 0 saturated heterocycles. The van der Waals surface area contributed by atoms with Crippen molar-refractivity contribution in [2.24, 2.45) is 0 Å². The molecule has 22 heavy (non-hydrogen) atoms. The molecule has 1 unspecified atom stereocenters. The second kappa shape index (κ2) is 8.32. The molecule has 0 saturated carbocycles. The molecule has 0 heterocycles. The molecule has 118 valence electrons. The van der Waals surface area contributed by atoms with Gasteiger partial charge in [-0.2, -0.15) is 0 Å². The summed E-state index contributed by atoms with van der Waals surface area (Å²) in [5.74, 6) is 1.84. The second-order valence-electron chi connectivity index (χ2n) is 5.26. The van der Waals surface area contributed by atoms with Crippen LogP contribution in [0.4, 0.5) is 5.69 Å². The average Bonchev–Trinajstić information content (AvgIpc) is 2.54. The lowest BCUT2D eigenvalue weighted by Crippen LogP contribution is -2.10. The summed E-state index contributed by atoms with van der Waals surface area (Å²) >= 11 is 0. The molecule has 0 radical (unpaired) electrons. The Kier molecular flexibility index (Phi) is 6.13. The van der Waals surface area contributed by atoms with Crippen molar-refractivity contribution in [3.05, 3.63) is 54.1 Å². The molecule has 0 aromatic heterocycles. The minimum atomic E-state index is 0.230. The number of ether oxygens (including phenoxy) is 2. The molecule has 2 aromatic carbocycles. The Hall–Kier alpha value is -2.16. The van der Waals surface area contributed by atoms with E-state index in [-0.39, 0.29) is 6.10 Å². The highest BCUT2D eigenvalue weighted by molar-refractivity contribution is 5.49. The van der Waals surface area contributed by atoms with Crippen molar-refractivity contribution in [2.75, 3.05) is 11.9 Å². The van der Waals surface area contributed by atoms with Crippen LogP contribution in [-0.2, 0) is 6.54 Å². The van der Waals surface area contributed by atoms with E-state index in [9.17, 15) is 0 Å². The molecule has 1 atom stereocenters. The lowest BCUT2D eigenvalue weighted by atomic mass is 10.2. The fourth-order valence-corrected chi connectivity index (χ4v) is 2.14. The van der Waals surface area contributed by atoms with Crippen molar-refractivity contribution >= 4 is 5.69 Å². The lowest BCUT2D eigenvalue weighted by molar-refractivity contribution is 0.217. The predicted molar refractivity (Wildman–Crippen MR) is 91.8 cm³/mol. The maximum absolute atomic E-state index is 5.85. The third-order valence-electron chi connectivity index (χ3n) is 3.50. The van der Waals surface area contributed by atoms with E-state index in [1.165, 1.54) is 0 Å². The molecule has 0 amide bonds. The van der Waals surface area contributed by atoms with Crippen LogP contribution in [0, 0.1) is 0 Å². The highest BCUT2D eigenvalue weighted by atomic mass is 16.5. The quantitative estimate of drug-likeness (QED) is 0.754. The van der Waals surface area contributed by atoms with Gasteiger partial charge in [-0.15, -0.1) is 0 Å². The fourth-order valence-electron chi connectivity index (χ4n) is 2.14. The summed E-state index contributed by atoms with van der Waals surface area (Å²) in [6.07, 6.45) is 1.23. The second-order valence-corrected chi connectivity index (χ2v) is 5.26. The van der Waals surface area contributed by atoms with Crippen LogP contribution in [0.15, 0.2) is 48.5 Å². The zero-order valence-electron chi connectivity index (χ0n) is 13.6. The van der Waals surface area contributed by atoms with Crippen molar-refractivity contribution in [3.63, 3.8) is 0 Å². The Balaban J connectivity index is 2.01. The SMILES string of the molecule is CCOc1ccccc1CNc1cccc(OC(C)CC)c1. The van der Waals surface area contributed by atoms with Gasteiger partial charge >= 0.3 is 0 Å². The standard InChI is InChI=1S/C19H25NO2/c1-4-15(3)22-18-11-8-10-17(13-18)20-14-16-9-6-7-12-19(16)21-5-2/h6-13,15,20H,4-5,14H2,1-3H3. The zero-order chi connectivity index (χ0) is 15.8. The van der Waals surface area contributed by atoms with Crippen molar-refractivity contribution < 1.29 is 9.47 Å². The number of para-hydroxylation sites is 1. The van der Waals surface area contributed by atoms with Gasteiger partial charge in [-0.25, -0.2) is 0 Å². The first kappa shape index (κ1) is 16.2. The van der Waals surface area contributed by atoms with Gasteiger partial charge in [-0.1, -0.05) is 31.2 Å². The molecule has 0 aliphatic carbocycles. The summed E-state index contributed by atoms with van der Waals surface area (Å²) in [6, 6.07) is 16.2. The summed E-state index contributed by atoms with van der Waals surface area (Å²) in [4.78, 5) is 0. The van der Waals surface area contributed by atoms with Crippen LogP contribution in [0.1, 0.15) is 32.8 Å². The maximum Gasteiger partial charge on any atom is 0.124 e. The first-order valence-corrected chi connectivity index (χ1v) is 7.94. The van der Waals surface area contributed by atoms with Gasteiger partial charge in [-0.3, -0.25) is 0 Å². The van der Waals surface area contributed by atoms with E-state index in [1.54, 1.807) is 0 Å². The fraction of sp³-hybridized carbons (Fsp3) is 0.368. The third-order valence-corrected chi connectivity index (χ3v) is 3.50. The number of nitrogens with one attached hydrogen (secondary N) is 1. The number of benzene rings is 2. The van der Waals surface area contributed by atoms with Crippen LogP contribution < -0.4 is 14.8 Å². The van der Waals surface area contributed by atoms with Gasteiger partial charge in [-0.05, 0) is 38.5 Å². The van der Waals surface area contributed by atoms with Gasteiger partial charge in [0.2, 0.25) is 0 Å². The van der Waals surface area contributed by atoms with E-state index in [2.05, 4.69) is 25.2 Å². The van der Waals surface area contributed by atoms with Crippen LogP contribution in [0.5, 0.6) is 11.5 Å². The van der Waals surface area contributed by atoms with E-state index < -0.39 is 0 Å². The highest BCUT2D eigenvalue weighted by Gasteiger charge is 2.04. The lowest BCUT2D eigenvalue weighted by Gasteiger charge is -2.15. The van der Waals surface area contributed by atoms with Gasteiger partial charge in [0.25, 0.3) is 0 Å². The summed E-state index contributed by atoms with van der Waals surface area (Å²) in [6.45, 7) is 7.61. The highest BCUT2D eigenvalue weighted by Crippen LogP contribution is 2.22. The minimum absolute atomic E-state index is 0.230. The smallest absolute Gasteiger partial charge is 0.124 e. The summed E-state index contributed by atoms with van der Waals surface area (Å²) < 4.78 is 11.5. The van der Waals surface area contributed by atoms with E-state index in [1.807, 2.05) is 49.4 Å². The van der Waals surface area contributed by atoms with Crippen LogP contribution in [0.3, 0.4) is 0 Å². The normalized spacial score (nSPS) is 11.8. The van der Waals surface area contributed by atoms with Gasteiger partial charge < -0.3 is 14.8 Å². The van der Waals surface area contributed by atoms with Crippen molar-refractivity contribution in [1.82, 2.24) is 0 Å². The third kappa shape index (κ3) is 4.69.